The minimum Gasteiger partial charge on any atom is -0.478 e. The Bertz CT molecular complexity index is 497. The van der Waals surface area contributed by atoms with Crippen LogP contribution in [-0.4, -0.2) is 17.0 Å². The Labute approximate surface area is 106 Å². The van der Waals surface area contributed by atoms with Crippen LogP contribution in [0.25, 0.3) is 0 Å². The van der Waals surface area contributed by atoms with Crippen molar-refractivity contribution in [2.75, 3.05) is 0 Å². The maximum atomic E-state index is 11.0. The summed E-state index contributed by atoms with van der Waals surface area (Å²) in [5.74, 6) is -1.01. The van der Waals surface area contributed by atoms with Crippen molar-refractivity contribution in [3.05, 3.63) is 41.0 Å². The molecule has 96 valence electrons. The molecule has 0 heterocycles. The standard InChI is InChI=1S/C14H16O4/c1-9(2)4-5-11-8-12(14(16)17)6-7-13(11)18-10(3)15/h4,6-8H,5H2,1-3H3,(H,16,17). The summed E-state index contributed by atoms with van der Waals surface area (Å²) < 4.78 is 5.05. The molecular weight excluding hydrogens is 232 g/mol. The van der Waals surface area contributed by atoms with Crippen LogP contribution in [0.15, 0.2) is 29.8 Å². The van der Waals surface area contributed by atoms with Gasteiger partial charge >= 0.3 is 11.9 Å². The van der Waals surface area contributed by atoms with Gasteiger partial charge in [-0.2, -0.15) is 0 Å². The van der Waals surface area contributed by atoms with Crippen molar-refractivity contribution in [1.29, 1.82) is 0 Å². The van der Waals surface area contributed by atoms with E-state index in [0.717, 1.165) is 5.57 Å². The number of benzene rings is 1. The van der Waals surface area contributed by atoms with Crippen molar-refractivity contribution in [2.24, 2.45) is 0 Å². The van der Waals surface area contributed by atoms with Crippen molar-refractivity contribution in [1.82, 2.24) is 0 Å². The van der Waals surface area contributed by atoms with Gasteiger partial charge in [-0.3, -0.25) is 4.79 Å². The van der Waals surface area contributed by atoms with Crippen molar-refractivity contribution < 1.29 is 19.4 Å². The summed E-state index contributed by atoms with van der Waals surface area (Å²) in [4.78, 5) is 21.9. The summed E-state index contributed by atoms with van der Waals surface area (Å²) >= 11 is 0. The van der Waals surface area contributed by atoms with Crippen molar-refractivity contribution in [3.63, 3.8) is 0 Å². The molecule has 0 amide bonds. The first-order chi connectivity index (χ1) is 8.40. The molecule has 0 aliphatic carbocycles. The topological polar surface area (TPSA) is 63.6 Å². The van der Waals surface area contributed by atoms with E-state index < -0.39 is 11.9 Å². The van der Waals surface area contributed by atoms with Crippen molar-refractivity contribution >= 4 is 11.9 Å². The summed E-state index contributed by atoms with van der Waals surface area (Å²) in [5.41, 5.74) is 1.99. The minimum absolute atomic E-state index is 0.183. The van der Waals surface area contributed by atoms with Gasteiger partial charge in [-0.05, 0) is 44.0 Å². The van der Waals surface area contributed by atoms with E-state index in [1.807, 2.05) is 19.9 Å². The zero-order valence-electron chi connectivity index (χ0n) is 10.7. The Hall–Kier alpha value is -2.10. The number of esters is 1. The Balaban J connectivity index is 3.13. The average Bonchev–Trinajstić information content (AvgIpc) is 2.26. The van der Waals surface area contributed by atoms with E-state index in [1.54, 1.807) is 0 Å². The number of rotatable bonds is 4. The Morgan fingerprint density at radius 2 is 1.94 bits per heavy atom. The highest BCUT2D eigenvalue weighted by molar-refractivity contribution is 5.88. The molecule has 1 rings (SSSR count). The van der Waals surface area contributed by atoms with E-state index in [9.17, 15) is 9.59 Å². The zero-order chi connectivity index (χ0) is 13.7. The molecule has 0 saturated carbocycles. The Morgan fingerprint density at radius 1 is 1.28 bits per heavy atom. The molecule has 0 atom stereocenters. The van der Waals surface area contributed by atoms with Gasteiger partial charge in [0.05, 0.1) is 5.56 Å². The maximum absolute atomic E-state index is 11.0. The summed E-state index contributed by atoms with van der Waals surface area (Å²) in [6, 6.07) is 4.46. The molecular formula is C14H16O4. The monoisotopic (exact) mass is 248 g/mol. The smallest absolute Gasteiger partial charge is 0.335 e. The van der Waals surface area contributed by atoms with Gasteiger partial charge in [-0.25, -0.2) is 4.79 Å². The lowest BCUT2D eigenvalue weighted by Crippen LogP contribution is -2.05. The number of hydrogen-bond donors (Lipinski definition) is 1. The number of carboxylic acids is 1. The molecule has 0 aliphatic rings. The zero-order valence-corrected chi connectivity index (χ0v) is 10.7. The SMILES string of the molecule is CC(=O)Oc1ccc(C(=O)O)cc1CC=C(C)C. The van der Waals surface area contributed by atoms with Gasteiger partial charge in [0.1, 0.15) is 5.75 Å². The second-order valence-corrected chi connectivity index (χ2v) is 4.21. The van der Waals surface area contributed by atoms with Gasteiger partial charge in [0.15, 0.2) is 0 Å². The highest BCUT2D eigenvalue weighted by atomic mass is 16.5. The number of hydrogen-bond acceptors (Lipinski definition) is 3. The van der Waals surface area contributed by atoms with E-state index in [-0.39, 0.29) is 5.56 Å². The Kier molecular flexibility index (Phi) is 4.66. The van der Waals surface area contributed by atoms with E-state index >= 15 is 0 Å². The third kappa shape index (κ3) is 4.05. The molecule has 1 aromatic carbocycles. The third-order valence-corrected chi connectivity index (χ3v) is 2.29. The fourth-order valence-electron chi connectivity index (χ4n) is 1.44. The molecule has 0 bridgehead atoms. The summed E-state index contributed by atoms with van der Waals surface area (Å²) in [7, 11) is 0. The summed E-state index contributed by atoms with van der Waals surface area (Å²) in [5, 5.41) is 8.94. The summed E-state index contributed by atoms with van der Waals surface area (Å²) in [6.07, 6.45) is 2.49. The van der Waals surface area contributed by atoms with Crippen LogP contribution in [0.1, 0.15) is 36.7 Å². The molecule has 4 heteroatoms. The maximum Gasteiger partial charge on any atom is 0.335 e. The van der Waals surface area contributed by atoms with Crippen LogP contribution in [0, 0.1) is 0 Å². The molecule has 18 heavy (non-hydrogen) atoms. The molecule has 0 radical (unpaired) electrons. The molecule has 4 nitrogen and oxygen atoms in total. The second kappa shape index (κ2) is 6.00. The molecule has 0 aliphatic heterocycles. The van der Waals surface area contributed by atoms with Crippen LogP contribution < -0.4 is 4.74 Å². The number of carboxylic acid groups (broad SMARTS) is 1. The lowest BCUT2D eigenvalue weighted by atomic mass is 10.1. The first-order valence-electron chi connectivity index (χ1n) is 5.58. The average molecular weight is 248 g/mol. The highest BCUT2D eigenvalue weighted by Gasteiger charge is 2.10. The number of allylic oxidation sites excluding steroid dienone is 2. The van der Waals surface area contributed by atoms with Gasteiger partial charge in [0.2, 0.25) is 0 Å². The van der Waals surface area contributed by atoms with Gasteiger partial charge in [0, 0.05) is 6.92 Å². The van der Waals surface area contributed by atoms with Gasteiger partial charge in [0.25, 0.3) is 0 Å². The molecule has 1 aromatic rings. The quantitative estimate of drug-likeness (QED) is 0.505. The number of ether oxygens (including phenoxy) is 1. The van der Waals surface area contributed by atoms with Gasteiger partial charge in [-0.1, -0.05) is 11.6 Å². The number of carbonyl (C=O) groups excluding carboxylic acids is 1. The first kappa shape index (κ1) is 14.0. The van der Waals surface area contributed by atoms with Crippen LogP contribution in [0.4, 0.5) is 0 Å². The van der Waals surface area contributed by atoms with E-state index in [0.29, 0.717) is 17.7 Å². The fraction of sp³-hybridized carbons (Fsp3) is 0.286. The van der Waals surface area contributed by atoms with Crippen LogP contribution in [0.5, 0.6) is 5.75 Å². The van der Waals surface area contributed by atoms with Gasteiger partial charge < -0.3 is 9.84 Å². The lowest BCUT2D eigenvalue weighted by molar-refractivity contribution is -0.131. The van der Waals surface area contributed by atoms with Crippen molar-refractivity contribution in [3.8, 4) is 5.75 Å². The molecule has 0 saturated heterocycles. The molecule has 0 unspecified atom stereocenters. The molecule has 1 N–H and O–H groups in total. The van der Waals surface area contributed by atoms with Crippen molar-refractivity contribution in [2.45, 2.75) is 27.2 Å². The third-order valence-electron chi connectivity index (χ3n) is 2.29. The fourth-order valence-corrected chi connectivity index (χ4v) is 1.44. The second-order valence-electron chi connectivity index (χ2n) is 4.21. The highest BCUT2D eigenvalue weighted by Crippen LogP contribution is 2.22. The van der Waals surface area contributed by atoms with E-state index in [1.165, 1.54) is 25.1 Å². The lowest BCUT2D eigenvalue weighted by Gasteiger charge is -2.08. The molecule has 0 spiro atoms. The molecule has 0 fully saturated rings. The van der Waals surface area contributed by atoms with E-state index in [4.69, 9.17) is 9.84 Å². The Morgan fingerprint density at radius 3 is 2.44 bits per heavy atom. The van der Waals surface area contributed by atoms with Crippen LogP contribution in [0.2, 0.25) is 0 Å². The van der Waals surface area contributed by atoms with Crippen LogP contribution >= 0.6 is 0 Å². The minimum atomic E-state index is -0.997. The first-order valence-corrected chi connectivity index (χ1v) is 5.58. The number of aromatic carboxylic acids is 1. The van der Waals surface area contributed by atoms with Crippen LogP contribution in [0.3, 0.4) is 0 Å². The van der Waals surface area contributed by atoms with Gasteiger partial charge in [-0.15, -0.1) is 0 Å². The summed E-state index contributed by atoms with van der Waals surface area (Å²) in [6.45, 7) is 5.22. The number of carbonyl (C=O) groups is 2. The largest absolute Gasteiger partial charge is 0.478 e. The van der Waals surface area contributed by atoms with E-state index in [2.05, 4.69) is 0 Å². The predicted molar refractivity (Wildman–Crippen MR) is 67.8 cm³/mol. The normalized spacial score (nSPS) is 9.72. The molecule has 0 aromatic heterocycles. The van der Waals surface area contributed by atoms with Crippen LogP contribution in [-0.2, 0) is 11.2 Å². The predicted octanol–water partition coefficient (Wildman–Crippen LogP) is 2.82.